The summed E-state index contributed by atoms with van der Waals surface area (Å²) in [5, 5.41) is 0. The summed E-state index contributed by atoms with van der Waals surface area (Å²) in [6.07, 6.45) is -0.803. The highest BCUT2D eigenvalue weighted by atomic mass is 16.5. The third kappa shape index (κ3) is 4.22. The zero-order valence-electron chi connectivity index (χ0n) is 16.8. The van der Waals surface area contributed by atoms with Crippen molar-refractivity contribution >= 4 is 17.7 Å². The van der Waals surface area contributed by atoms with Crippen molar-refractivity contribution in [2.75, 3.05) is 13.7 Å². The molecule has 2 atom stereocenters. The number of rotatable bonds is 8. The number of nitrogens with zero attached hydrogens (tertiary/aromatic N) is 1. The number of methoxy groups -OCH3 is 1. The van der Waals surface area contributed by atoms with Crippen LogP contribution in [0.4, 0.5) is 0 Å². The van der Waals surface area contributed by atoms with E-state index in [-0.39, 0.29) is 24.8 Å². The molecule has 0 unspecified atom stereocenters. The standard InChI is InChI=1S/C23H25NO5/c1-23(2,21(26)17-12-8-5-9-13-17)20-19(22(27)24(20)14-18(25)28-3)29-15-16-10-6-4-7-11-16/h4-13,19-20H,14-15H2,1-3H3/t19-,20-/m1/s1. The van der Waals surface area contributed by atoms with Crippen LogP contribution in [-0.2, 0) is 25.7 Å². The number of likely N-dealkylation sites (tertiary alicyclic amines) is 1. The summed E-state index contributed by atoms with van der Waals surface area (Å²) in [5.41, 5.74) is 0.527. The molecule has 1 saturated heterocycles. The van der Waals surface area contributed by atoms with Crippen LogP contribution in [0.1, 0.15) is 29.8 Å². The van der Waals surface area contributed by atoms with Gasteiger partial charge in [0.15, 0.2) is 11.9 Å². The third-order valence-corrected chi connectivity index (χ3v) is 5.31. The van der Waals surface area contributed by atoms with Crippen molar-refractivity contribution in [3.05, 3.63) is 71.8 Å². The molecule has 0 spiro atoms. The Balaban J connectivity index is 1.84. The predicted molar refractivity (Wildman–Crippen MR) is 107 cm³/mol. The van der Waals surface area contributed by atoms with Gasteiger partial charge in [0, 0.05) is 5.56 Å². The molecule has 0 radical (unpaired) electrons. The fourth-order valence-corrected chi connectivity index (χ4v) is 3.68. The minimum Gasteiger partial charge on any atom is -0.468 e. The summed E-state index contributed by atoms with van der Waals surface area (Å²) in [5.74, 6) is -0.961. The van der Waals surface area contributed by atoms with Crippen LogP contribution in [-0.4, -0.2) is 48.4 Å². The molecular weight excluding hydrogens is 370 g/mol. The van der Waals surface area contributed by atoms with Crippen LogP contribution >= 0.6 is 0 Å². The van der Waals surface area contributed by atoms with Crippen molar-refractivity contribution < 1.29 is 23.9 Å². The lowest BCUT2D eigenvalue weighted by atomic mass is 9.70. The first-order valence-electron chi connectivity index (χ1n) is 9.49. The number of esters is 1. The van der Waals surface area contributed by atoms with Gasteiger partial charge in [0.2, 0.25) is 0 Å². The van der Waals surface area contributed by atoms with Gasteiger partial charge in [0.1, 0.15) is 6.54 Å². The molecule has 0 saturated carbocycles. The van der Waals surface area contributed by atoms with Gasteiger partial charge >= 0.3 is 5.97 Å². The van der Waals surface area contributed by atoms with E-state index in [2.05, 4.69) is 0 Å². The zero-order chi connectivity index (χ0) is 21.0. The molecule has 152 valence electrons. The average molecular weight is 395 g/mol. The molecule has 29 heavy (non-hydrogen) atoms. The second-order valence-electron chi connectivity index (χ2n) is 7.62. The Bertz CT molecular complexity index is 879. The molecule has 1 aliphatic rings. The largest absolute Gasteiger partial charge is 0.468 e. The number of amides is 1. The lowest BCUT2D eigenvalue weighted by Crippen LogP contribution is -2.72. The van der Waals surface area contributed by atoms with Crippen molar-refractivity contribution in [1.29, 1.82) is 0 Å². The van der Waals surface area contributed by atoms with E-state index in [0.29, 0.717) is 5.56 Å². The van der Waals surface area contributed by atoms with E-state index in [9.17, 15) is 14.4 Å². The Hall–Kier alpha value is -2.99. The van der Waals surface area contributed by atoms with Crippen molar-refractivity contribution in [2.45, 2.75) is 32.6 Å². The fourth-order valence-electron chi connectivity index (χ4n) is 3.68. The van der Waals surface area contributed by atoms with E-state index in [1.165, 1.54) is 12.0 Å². The number of β-lactam (4-membered cyclic amide) rings is 1. The highest BCUT2D eigenvalue weighted by Gasteiger charge is 2.58. The van der Waals surface area contributed by atoms with Gasteiger partial charge in [-0.1, -0.05) is 74.5 Å². The van der Waals surface area contributed by atoms with Crippen molar-refractivity contribution in [2.24, 2.45) is 5.41 Å². The number of ether oxygens (including phenoxy) is 2. The second kappa shape index (κ2) is 8.57. The molecule has 3 rings (SSSR count). The molecular formula is C23H25NO5. The van der Waals surface area contributed by atoms with Gasteiger partial charge in [-0.15, -0.1) is 0 Å². The highest BCUT2D eigenvalue weighted by Crippen LogP contribution is 2.39. The van der Waals surface area contributed by atoms with Crippen LogP contribution in [0.3, 0.4) is 0 Å². The Labute approximate surface area is 170 Å². The molecule has 2 aromatic carbocycles. The predicted octanol–water partition coefficient (Wildman–Crippen LogP) is 2.86. The third-order valence-electron chi connectivity index (χ3n) is 5.31. The normalized spacial score (nSPS) is 18.9. The Morgan fingerprint density at radius 2 is 1.59 bits per heavy atom. The van der Waals surface area contributed by atoms with Crippen LogP contribution in [0.2, 0.25) is 0 Å². The fraction of sp³-hybridized carbons (Fsp3) is 0.348. The second-order valence-corrected chi connectivity index (χ2v) is 7.62. The van der Waals surface area contributed by atoms with Gasteiger partial charge in [-0.25, -0.2) is 0 Å². The van der Waals surface area contributed by atoms with E-state index in [4.69, 9.17) is 9.47 Å². The summed E-state index contributed by atoms with van der Waals surface area (Å²) in [6.45, 7) is 3.59. The summed E-state index contributed by atoms with van der Waals surface area (Å²) < 4.78 is 10.6. The average Bonchev–Trinajstić information content (AvgIpc) is 2.75. The van der Waals surface area contributed by atoms with Crippen molar-refractivity contribution in [1.82, 2.24) is 4.90 Å². The van der Waals surface area contributed by atoms with Crippen molar-refractivity contribution in [3.8, 4) is 0 Å². The number of carbonyl (C=O) groups is 3. The topological polar surface area (TPSA) is 72.9 Å². The summed E-state index contributed by atoms with van der Waals surface area (Å²) in [4.78, 5) is 39.1. The highest BCUT2D eigenvalue weighted by molar-refractivity contribution is 6.03. The molecule has 0 aromatic heterocycles. The van der Waals surface area contributed by atoms with Crippen LogP contribution < -0.4 is 0 Å². The minimum absolute atomic E-state index is 0.112. The maximum Gasteiger partial charge on any atom is 0.325 e. The van der Waals surface area contributed by atoms with E-state index in [0.717, 1.165) is 5.56 Å². The van der Waals surface area contributed by atoms with Crippen LogP contribution in [0.5, 0.6) is 0 Å². The number of Topliss-reactive ketones (excluding diaryl/α,β-unsaturated/α-hetero) is 1. The van der Waals surface area contributed by atoms with E-state index in [1.54, 1.807) is 38.1 Å². The number of ketones is 1. The first kappa shape index (κ1) is 20.7. The SMILES string of the molecule is COC(=O)CN1C(=O)[C@H](OCc2ccccc2)[C@@H]1C(C)(C)C(=O)c1ccccc1. The van der Waals surface area contributed by atoms with Gasteiger partial charge in [0.25, 0.3) is 5.91 Å². The molecule has 0 aliphatic carbocycles. The Morgan fingerprint density at radius 1 is 1.00 bits per heavy atom. The molecule has 0 N–H and O–H groups in total. The number of carbonyl (C=O) groups excluding carboxylic acids is 3. The van der Waals surface area contributed by atoms with Crippen LogP contribution in [0, 0.1) is 5.41 Å². The quantitative estimate of drug-likeness (QED) is 0.390. The molecule has 0 bridgehead atoms. The number of benzene rings is 2. The molecule has 6 heteroatoms. The summed E-state index contributed by atoms with van der Waals surface area (Å²) >= 11 is 0. The molecule has 1 amide bonds. The van der Waals surface area contributed by atoms with E-state index >= 15 is 0 Å². The van der Waals surface area contributed by atoms with Gasteiger partial charge in [-0.2, -0.15) is 0 Å². The number of hydrogen-bond acceptors (Lipinski definition) is 5. The maximum atomic E-state index is 13.2. The molecule has 1 heterocycles. The summed E-state index contributed by atoms with van der Waals surface area (Å²) in [6, 6.07) is 17.9. The van der Waals surface area contributed by atoms with Crippen LogP contribution in [0.25, 0.3) is 0 Å². The molecule has 2 aromatic rings. The van der Waals surface area contributed by atoms with Gasteiger partial charge in [-0.3, -0.25) is 14.4 Å². The van der Waals surface area contributed by atoms with Gasteiger partial charge in [0.05, 0.1) is 25.2 Å². The van der Waals surface area contributed by atoms with Gasteiger partial charge < -0.3 is 14.4 Å². The first-order valence-corrected chi connectivity index (χ1v) is 9.49. The van der Waals surface area contributed by atoms with E-state index in [1.807, 2.05) is 36.4 Å². The lowest BCUT2D eigenvalue weighted by molar-refractivity contribution is -0.188. The molecule has 1 aliphatic heterocycles. The van der Waals surface area contributed by atoms with E-state index < -0.39 is 23.5 Å². The van der Waals surface area contributed by atoms with Crippen molar-refractivity contribution in [3.63, 3.8) is 0 Å². The Morgan fingerprint density at radius 3 is 2.17 bits per heavy atom. The maximum absolute atomic E-state index is 13.2. The van der Waals surface area contributed by atoms with Gasteiger partial charge in [-0.05, 0) is 5.56 Å². The monoisotopic (exact) mass is 395 g/mol. The Kier molecular flexibility index (Phi) is 6.13. The first-order chi connectivity index (χ1) is 13.9. The smallest absolute Gasteiger partial charge is 0.325 e. The summed E-state index contributed by atoms with van der Waals surface area (Å²) in [7, 11) is 1.27. The van der Waals surface area contributed by atoms with Crippen LogP contribution in [0.15, 0.2) is 60.7 Å². The number of hydrogen-bond donors (Lipinski definition) is 0. The zero-order valence-corrected chi connectivity index (χ0v) is 16.8. The molecule has 6 nitrogen and oxygen atoms in total. The lowest BCUT2D eigenvalue weighted by Gasteiger charge is -2.52. The molecule has 1 fully saturated rings. The minimum atomic E-state index is -0.954.